The molecule has 0 unspecified atom stereocenters. The second kappa shape index (κ2) is 6.93. The van der Waals surface area contributed by atoms with Crippen LogP contribution in [-0.4, -0.2) is 39.1 Å². The molecule has 3 heterocycles. The summed E-state index contributed by atoms with van der Waals surface area (Å²) < 4.78 is 0. The number of amides is 1. The third-order valence-electron chi connectivity index (χ3n) is 5.56. The number of para-hydroxylation sites is 1. The Morgan fingerprint density at radius 3 is 2.57 bits per heavy atom. The Morgan fingerprint density at radius 2 is 1.89 bits per heavy atom. The fourth-order valence-corrected chi connectivity index (χ4v) is 3.81. The standard InChI is InChI=1S/C22H27N5O/c1-22(2,3)19-13-18(25-26-19)21(28)27-10-8-14(9-11-27)20-16(23)12-15-6-4-5-7-17(15)24-20/h4-7,12-14H,8-11,23H2,1-3H3,(H,25,26). The van der Waals surface area contributed by atoms with Gasteiger partial charge in [0.2, 0.25) is 0 Å². The van der Waals surface area contributed by atoms with E-state index >= 15 is 0 Å². The third-order valence-corrected chi connectivity index (χ3v) is 5.56. The molecule has 1 aromatic carbocycles. The number of H-pyrrole nitrogens is 1. The van der Waals surface area contributed by atoms with Crippen LogP contribution in [-0.2, 0) is 5.41 Å². The molecule has 0 atom stereocenters. The van der Waals surface area contributed by atoms with Gasteiger partial charge in [-0.05, 0) is 31.0 Å². The minimum atomic E-state index is -0.0577. The number of anilines is 1. The fraction of sp³-hybridized carbons (Fsp3) is 0.409. The van der Waals surface area contributed by atoms with Crippen LogP contribution < -0.4 is 5.73 Å². The lowest BCUT2D eigenvalue weighted by Crippen LogP contribution is -2.38. The van der Waals surface area contributed by atoms with E-state index in [0.717, 1.165) is 40.8 Å². The van der Waals surface area contributed by atoms with Crippen LogP contribution in [0.1, 0.15) is 61.4 Å². The van der Waals surface area contributed by atoms with Gasteiger partial charge in [0.05, 0.1) is 16.9 Å². The van der Waals surface area contributed by atoms with Crippen LogP contribution in [0, 0.1) is 0 Å². The van der Waals surface area contributed by atoms with Gasteiger partial charge in [-0.1, -0.05) is 39.0 Å². The lowest BCUT2D eigenvalue weighted by Gasteiger charge is -2.31. The van der Waals surface area contributed by atoms with E-state index in [9.17, 15) is 4.79 Å². The minimum absolute atomic E-state index is 0.00959. The molecule has 0 bridgehead atoms. The number of carbonyl (C=O) groups is 1. The second-order valence-electron chi connectivity index (χ2n) is 8.64. The highest BCUT2D eigenvalue weighted by atomic mass is 16.2. The minimum Gasteiger partial charge on any atom is -0.397 e. The van der Waals surface area contributed by atoms with Gasteiger partial charge in [0, 0.05) is 35.5 Å². The van der Waals surface area contributed by atoms with Crippen molar-refractivity contribution in [2.24, 2.45) is 0 Å². The summed E-state index contributed by atoms with van der Waals surface area (Å²) in [5.74, 6) is 0.266. The maximum absolute atomic E-state index is 12.8. The first-order valence-corrected chi connectivity index (χ1v) is 9.83. The van der Waals surface area contributed by atoms with Crippen molar-refractivity contribution >= 4 is 22.5 Å². The number of hydrogen-bond acceptors (Lipinski definition) is 4. The monoisotopic (exact) mass is 377 g/mol. The van der Waals surface area contributed by atoms with Crippen LogP contribution in [0.25, 0.3) is 10.9 Å². The number of aromatic amines is 1. The summed E-state index contributed by atoms with van der Waals surface area (Å²) in [6.07, 6.45) is 1.72. The number of nitrogens with one attached hydrogen (secondary N) is 1. The predicted octanol–water partition coefficient (Wildman–Crippen LogP) is 3.86. The summed E-state index contributed by atoms with van der Waals surface area (Å²) in [5, 5.41) is 8.30. The summed E-state index contributed by atoms with van der Waals surface area (Å²) in [6.45, 7) is 7.67. The number of rotatable bonds is 2. The van der Waals surface area contributed by atoms with Crippen LogP contribution in [0.2, 0.25) is 0 Å². The number of benzene rings is 1. The zero-order valence-electron chi connectivity index (χ0n) is 16.7. The van der Waals surface area contributed by atoms with Crippen LogP contribution in [0.5, 0.6) is 0 Å². The molecular weight excluding hydrogens is 350 g/mol. The molecule has 0 radical (unpaired) electrons. The smallest absolute Gasteiger partial charge is 0.274 e. The molecule has 3 aromatic rings. The summed E-state index contributed by atoms with van der Waals surface area (Å²) in [7, 11) is 0. The number of fused-ring (bicyclic) bond motifs is 1. The van der Waals surface area contributed by atoms with E-state index in [1.54, 1.807) is 0 Å². The number of carbonyl (C=O) groups excluding carboxylic acids is 1. The highest BCUT2D eigenvalue weighted by molar-refractivity contribution is 5.92. The molecule has 28 heavy (non-hydrogen) atoms. The molecule has 2 aromatic heterocycles. The van der Waals surface area contributed by atoms with Crippen molar-refractivity contribution in [3.05, 3.63) is 53.5 Å². The zero-order chi connectivity index (χ0) is 19.9. The summed E-state index contributed by atoms with van der Waals surface area (Å²) in [5.41, 5.74) is 10.4. The molecule has 0 saturated carbocycles. The van der Waals surface area contributed by atoms with E-state index in [1.165, 1.54) is 0 Å². The van der Waals surface area contributed by atoms with Crippen LogP contribution in [0.15, 0.2) is 36.4 Å². The highest BCUT2D eigenvalue weighted by Gasteiger charge is 2.28. The number of aromatic nitrogens is 3. The van der Waals surface area contributed by atoms with E-state index in [-0.39, 0.29) is 17.2 Å². The van der Waals surface area contributed by atoms with Crippen LogP contribution >= 0.6 is 0 Å². The van der Waals surface area contributed by atoms with Gasteiger partial charge in [-0.2, -0.15) is 5.10 Å². The van der Waals surface area contributed by atoms with Crippen molar-refractivity contribution in [2.75, 3.05) is 18.8 Å². The molecule has 1 aliphatic heterocycles. The van der Waals surface area contributed by atoms with Crippen molar-refractivity contribution < 1.29 is 4.79 Å². The molecule has 1 saturated heterocycles. The van der Waals surface area contributed by atoms with Gasteiger partial charge >= 0.3 is 0 Å². The molecule has 146 valence electrons. The van der Waals surface area contributed by atoms with Gasteiger partial charge in [-0.3, -0.25) is 14.9 Å². The normalized spacial score (nSPS) is 15.9. The molecule has 6 nitrogen and oxygen atoms in total. The van der Waals surface area contributed by atoms with Gasteiger partial charge in [0.25, 0.3) is 5.91 Å². The zero-order valence-corrected chi connectivity index (χ0v) is 16.7. The van der Waals surface area contributed by atoms with Crippen molar-refractivity contribution in [3.8, 4) is 0 Å². The van der Waals surface area contributed by atoms with E-state index in [4.69, 9.17) is 10.7 Å². The molecule has 0 aliphatic carbocycles. The second-order valence-corrected chi connectivity index (χ2v) is 8.64. The Labute approximate surface area is 165 Å². The van der Waals surface area contributed by atoms with E-state index < -0.39 is 0 Å². The number of pyridine rings is 1. The molecule has 3 N–H and O–H groups in total. The number of hydrogen-bond donors (Lipinski definition) is 2. The first-order chi connectivity index (χ1) is 13.3. The molecule has 1 aliphatic rings. The van der Waals surface area contributed by atoms with Gasteiger partial charge in [-0.15, -0.1) is 0 Å². The lowest BCUT2D eigenvalue weighted by atomic mass is 9.91. The number of piperidine rings is 1. The lowest BCUT2D eigenvalue weighted by molar-refractivity contribution is 0.0706. The van der Waals surface area contributed by atoms with Crippen molar-refractivity contribution in [3.63, 3.8) is 0 Å². The number of nitrogens with zero attached hydrogens (tertiary/aromatic N) is 3. The van der Waals surface area contributed by atoms with Crippen LogP contribution in [0.4, 0.5) is 5.69 Å². The molecule has 0 spiro atoms. The summed E-state index contributed by atoms with van der Waals surface area (Å²) in [4.78, 5) is 19.5. The molecular formula is C22H27N5O. The van der Waals surface area contributed by atoms with Gasteiger partial charge in [-0.25, -0.2) is 0 Å². The molecule has 6 heteroatoms. The third kappa shape index (κ3) is 3.46. The first-order valence-electron chi connectivity index (χ1n) is 9.83. The average molecular weight is 377 g/mol. The van der Waals surface area contributed by atoms with Crippen molar-refractivity contribution in [2.45, 2.75) is 44.9 Å². The van der Waals surface area contributed by atoms with Crippen molar-refractivity contribution in [1.29, 1.82) is 0 Å². The summed E-state index contributed by atoms with van der Waals surface area (Å²) >= 11 is 0. The number of likely N-dealkylation sites (tertiary alicyclic amines) is 1. The van der Waals surface area contributed by atoms with Crippen LogP contribution in [0.3, 0.4) is 0 Å². The number of nitrogen functional groups attached to an aromatic ring is 1. The maximum Gasteiger partial charge on any atom is 0.274 e. The Morgan fingerprint density at radius 1 is 1.18 bits per heavy atom. The maximum atomic E-state index is 12.8. The number of nitrogens with two attached hydrogens (primary N) is 1. The Kier molecular flexibility index (Phi) is 4.57. The Hall–Kier alpha value is -2.89. The Bertz CT molecular complexity index is 1010. The summed E-state index contributed by atoms with van der Waals surface area (Å²) in [6, 6.07) is 11.9. The fourth-order valence-electron chi connectivity index (χ4n) is 3.81. The molecule has 1 fully saturated rings. The first kappa shape index (κ1) is 18.5. The van der Waals surface area contributed by atoms with E-state index in [1.807, 2.05) is 41.3 Å². The highest BCUT2D eigenvalue weighted by Crippen LogP contribution is 2.32. The Balaban J connectivity index is 1.47. The van der Waals surface area contributed by atoms with E-state index in [2.05, 4.69) is 31.0 Å². The van der Waals surface area contributed by atoms with Gasteiger partial charge < -0.3 is 10.6 Å². The molecule has 4 rings (SSSR count). The SMILES string of the molecule is CC(C)(C)c1cc(C(=O)N2CCC(c3nc4ccccc4cc3N)CC2)n[nH]1. The van der Waals surface area contributed by atoms with E-state index in [0.29, 0.717) is 18.8 Å². The van der Waals surface area contributed by atoms with Gasteiger partial charge in [0.15, 0.2) is 0 Å². The van der Waals surface area contributed by atoms with Gasteiger partial charge in [0.1, 0.15) is 5.69 Å². The predicted molar refractivity (Wildman–Crippen MR) is 111 cm³/mol. The largest absolute Gasteiger partial charge is 0.397 e. The van der Waals surface area contributed by atoms with Crippen molar-refractivity contribution in [1.82, 2.24) is 20.1 Å². The topological polar surface area (TPSA) is 87.9 Å². The average Bonchev–Trinajstić information content (AvgIpc) is 3.18. The molecule has 1 amide bonds. The quantitative estimate of drug-likeness (QED) is 0.710.